The second kappa shape index (κ2) is 7.74. The molecule has 0 aliphatic heterocycles. The number of carbonyl (C=O) groups excluding carboxylic acids is 1. The van der Waals surface area contributed by atoms with Crippen molar-refractivity contribution >= 4 is 33.8 Å². The maximum Gasteiger partial charge on any atom is 0.261 e. The molecule has 152 valence electrons. The number of amides is 1. The number of aromatic amines is 1. The SMILES string of the molecule is O=C(Nc1nc2ccccc2[nH]1)C1CCC(Cn2cnc3ccccc3c2=O)CC1. The molecule has 0 radical (unpaired) electrons. The van der Waals surface area contributed by atoms with Crippen LogP contribution in [0.2, 0.25) is 0 Å². The molecule has 7 nitrogen and oxygen atoms in total. The number of hydrogen-bond acceptors (Lipinski definition) is 4. The number of carbonyl (C=O) groups is 1. The summed E-state index contributed by atoms with van der Waals surface area (Å²) in [5, 5.41) is 3.58. The lowest BCUT2D eigenvalue weighted by Gasteiger charge is -2.27. The van der Waals surface area contributed by atoms with Gasteiger partial charge in [0.15, 0.2) is 0 Å². The van der Waals surface area contributed by atoms with Gasteiger partial charge in [0.05, 0.1) is 28.3 Å². The summed E-state index contributed by atoms with van der Waals surface area (Å²) in [4.78, 5) is 37.3. The number of fused-ring (bicyclic) bond motifs is 2. The minimum atomic E-state index is -0.0269. The molecular formula is C23H23N5O2. The van der Waals surface area contributed by atoms with Crippen LogP contribution in [-0.2, 0) is 11.3 Å². The van der Waals surface area contributed by atoms with Crippen LogP contribution in [-0.4, -0.2) is 25.4 Å². The Bertz CT molecular complexity index is 1230. The van der Waals surface area contributed by atoms with E-state index in [4.69, 9.17) is 0 Å². The molecule has 0 saturated heterocycles. The van der Waals surface area contributed by atoms with Crippen molar-refractivity contribution in [3.8, 4) is 0 Å². The molecule has 0 bridgehead atoms. The van der Waals surface area contributed by atoms with Crippen molar-refractivity contribution in [1.29, 1.82) is 0 Å². The van der Waals surface area contributed by atoms with Crippen molar-refractivity contribution in [1.82, 2.24) is 19.5 Å². The van der Waals surface area contributed by atoms with Crippen LogP contribution in [0.15, 0.2) is 59.7 Å². The first-order chi connectivity index (χ1) is 14.7. The third-order valence-electron chi connectivity index (χ3n) is 6.03. The predicted molar refractivity (Wildman–Crippen MR) is 116 cm³/mol. The molecule has 2 aromatic carbocycles. The molecule has 1 aliphatic carbocycles. The number of rotatable bonds is 4. The van der Waals surface area contributed by atoms with E-state index in [1.54, 1.807) is 10.9 Å². The number of anilines is 1. The molecule has 2 N–H and O–H groups in total. The van der Waals surface area contributed by atoms with Crippen LogP contribution in [0.1, 0.15) is 25.7 Å². The molecule has 1 aliphatic rings. The van der Waals surface area contributed by atoms with Crippen LogP contribution >= 0.6 is 0 Å². The first-order valence-electron chi connectivity index (χ1n) is 10.4. The molecule has 5 rings (SSSR count). The van der Waals surface area contributed by atoms with E-state index >= 15 is 0 Å². The number of benzene rings is 2. The predicted octanol–water partition coefficient (Wildman–Crippen LogP) is 3.72. The molecule has 1 saturated carbocycles. The Balaban J connectivity index is 1.20. The zero-order chi connectivity index (χ0) is 20.5. The third-order valence-corrected chi connectivity index (χ3v) is 6.03. The molecule has 4 aromatic rings. The van der Waals surface area contributed by atoms with Crippen molar-refractivity contribution < 1.29 is 4.79 Å². The standard InChI is InChI=1S/C23H23N5O2/c29-21(27-23-25-19-7-3-4-8-20(19)26-23)16-11-9-15(10-12-16)13-28-14-24-18-6-2-1-5-17(18)22(28)30/h1-8,14-16H,9-13H2,(H2,25,26,27,29). The average Bonchev–Trinajstić information content (AvgIpc) is 3.18. The van der Waals surface area contributed by atoms with Gasteiger partial charge in [-0.05, 0) is 55.9 Å². The fourth-order valence-corrected chi connectivity index (χ4v) is 4.35. The minimum Gasteiger partial charge on any atom is -0.324 e. The Kier molecular flexibility index (Phi) is 4.78. The van der Waals surface area contributed by atoms with Crippen molar-refractivity contribution in [3.63, 3.8) is 0 Å². The maximum atomic E-state index is 12.7. The zero-order valence-corrected chi connectivity index (χ0v) is 16.5. The molecule has 1 amide bonds. The number of H-pyrrole nitrogens is 1. The van der Waals surface area contributed by atoms with Gasteiger partial charge in [0, 0.05) is 12.5 Å². The van der Waals surface area contributed by atoms with E-state index in [1.165, 1.54) is 0 Å². The lowest BCUT2D eigenvalue weighted by molar-refractivity contribution is -0.121. The van der Waals surface area contributed by atoms with Crippen molar-refractivity contribution in [2.75, 3.05) is 5.32 Å². The lowest BCUT2D eigenvalue weighted by Crippen LogP contribution is -2.30. The second-order valence-corrected chi connectivity index (χ2v) is 8.03. The summed E-state index contributed by atoms with van der Waals surface area (Å²) in [6.45, 7) is 0.647. The van der Waals surface area contributed by atoms with E-state index in [0.29, 0.717) is 23.8 Å². The first-order valence-corrected chi connectivity index (χ1v) is 10.4. The van der Waals surface area contributed by atoms with Gasteiger partial charge in [-0.25, -0.2) is 9.97 Å². The van der Waals surface area contributed by atoms with Gasteiger partial charge in [-0.2, -0.15) is 0 Å². The molecule has 0 unspecified atom stereocenters. The van der Waals surface area contributed by atoms with E-state index in [0.717, 1.165) is 42.2 Å². The van der Waals surface area contributed by atoms with Gasteiger partial charge in [0.25, 0.3) is 5.56 Å². The quantitative estimate of drug-likeness (QED) is 0.545. The highest BCUT2D eigenvalue weighted by Gasteiger charge is 2.27. The molecule has 30 heavy (non-hydrogen) atoms. The first kappa shape index (κ1) is 18.5. The normalized spacial score (nSPS) is 19.2. The van der Waals surface area contributed by atoms with E-state index in [1.807, 2.05) is 48.5 Å². The number of hydrogen-bond donors (Lipinski definition) is 2. The topological polar surface area (TPSA) is 92.7 Å². The van der Waals surface area contributed by atoms with Crippen LogP contribution in [0.3, 0.4) is 0 Å². The molecule has 7 heteroatoms. The largest absolute Gasteiger partial charge is 0.324 e. The molecule has 0 atom stereocenters. The van der Waals surface area contributed by atoms with Crippen LogP contribution in [0.5, 0.6) is 0 Å². The Hall–Kier alpha value is -3.48. The maximum absolute atomic E-state index is 12.7. The fourth-order valence-electron chi connectivity index (χ4n) is 4.35. The van der Waals surface area contributed by atoms with Gasteiger partial charge in [0.1, 0.15) is 0 Å². The number of imidazole rings is 1. The number of para-hydroxylation sites is 3. The Morgan fingerprint density at radius 3 is 2.57 bits per heavy atom. The van der Waals surface area contributed by atoms with Gasteiger partial charge in [-0.1, -0.05) is 24.3 Å². The second-order valence-electron chi connectivity index (χ2n) is 8.03. The highest BCUT2D eigenvalue weighted by Crippen LogP contribution is 2.30. The highest BCUT2D eigenvalue weighted by atomic mass is 16.2. The van der Waals surface area contributed by atoms with E-state index < -0.39 is 0 Å². The third kappa shape index (κ3) is 3.58. The van der Waals surface area contributed by atoms with Gasteiger partial charge in [-0.15, -0.1) is 0 Å². The lowest BCUT2D eigenvalue weighted by atomic mass is 9.81. The van der Waals surface area contributed by atoms with E-state index in [9.17, 15) is 9.59 Å². The molecule has 2 aromatic heterocycles. The number of aromatic nitrogens is 4. The average molecular weight is 401 g/mol. The smallest absolute Gasteiger partial charge is 0.261 e. The number of nitrogens with zero attached hydrogens (tertiary/aromatic N) is 3. The van der Waals surface area contributed by atoms with Crippen LogP contribution in [0.25, 0.3) is 21.9 Å². The molecular weight excluding hydrogens is 378 g/mol. The Labute approximate surface area is 173 Å². The zero-order valence-electron chi connectivity index (χ0n) is 16.5. The van der Waals surface area contributed by atoms with Crippen LogP contribution in [0, 0.1) is 11.8 Å². The monoisotopic (exact) mass is 401 g/mol. The van der Waals surface area contributed by atoms with Crippen LogP contribution in [0.4, 0.5) is 5.95 Å². The van der Waals surface area contributed by atoms with Gasteiger partial charge >= 0.3 is 0 Å². The summed E-state index contributed by atoms with van der Waals surface area (Å²) in [6, 6.07) is 15.1. The van der Waals surface area contributed by atoms with Crippen molar-refractivity contribution in [3.05, 3.63) is 65.2 Å². The van der Waals surface area contributed by atoms with E-state index in [2.05, 4.69) is 20.3 Å². The summed E-state index contributed by atoms with van der Waals surface area (Å²) < 4.78 is 1.71. The van der Waals surface area contributed by atoms with Crippen LogP contribution < -0.4 is 10.9 Å². The number of nitrogens with one attached hydrogen (secondary N) is 2. The minimum absolute atomic E-state index is 0.00496. The summed E-state index contributed by atoms with van der Waals surface area (Å²) in [7, 11) is 0. The van der Waals surface area contributed by atoms with Gasteiger partial charge in [0.2, 0.25) is 11.9 Å². The summed E-state index contributed by atoms with van der Waals surface area (Å²) in [6.07, 6.45) is 5.10. The highest BCUT2D eigenvalue weighted by molar-refractivity contribution is 5.92. The van der Waals surface area contributed by atoms with Crippen molar-refractivity contribution in [2.45, 2.75) is 32.2 Å². The Morgan fingerprint density at radius 1 is 1.03 bits per heavy atom. The molecule has 1 fully saturated rings. The van der Waals surface area contributed by atoms with Crippen molar-refractivity contribution in [2.24, 2.45) is 11.8 Å². The Morgan fingerprint density at radius 2 is 1.77 bits per heavy atom. The van der Waals surface area contributed by atoms with Gasteiger partial charge < -0.3 is 4.98 Å². The van der Waals surface area contributed by atoms with E-state index in [-0.39, 0.29) is 17.4 Å². The summed E-state index contributed by atoms with van der Waals surface area (Å²) in [5.41, 5.74) is 2.48. The fraction of sp³-hybridized carbons (Fsp3) is 0.304. The summed E-state index contributed by atoms with van der Waals surface area (Å²) in [5.74, 6) is 0.857. The molecule has 2 heterocycles. The molecule has 0 spiro atoms. The van der Waals surface area contributed by atoms with Gasteiger partial charge in [-0.3, -0.25) is 19.5 Å². The summed E-state index contributed by atoms with van der Waals surface area (Å²) >= 11 is 0.